The minimum Gasteiger partial charge on any atom is -0.385 e. The molecule has 98 valence electrons. The van der Waals surface area contributed by atoms with E-state index in [9.17, 15) is 4.79 Å². The predicted octanol–water partition coefficient (Wildman–Crippen LogP) is 2.75. The van der Waals surface area contributed by atoms with E-state index in [0.717, 1.165) is 25.2 Å². The standard InChI is InChI=1S/C15H22N2O/c1-13-6-5-11-17(12-13)15(18)9-10-16-14-7-3-2-4-8-14/h2-4,7-8,13,16H,5-6,9-12H2,1H3/t13-/m0/s1. The number of anilines is 1. The van der Waals surface area contributed by atoms with Gasteiger partial charge in [-0.3, -0.25) is 4.79 Å². The average molecular weight is 246 g/mol. The van der Waals surface area contributed by atoms with Crippen LogP contribution in [0.3, 0.4) is 0 Å². The molecule has 0 spiro atoms. The zero-order valence-corrected chi connectivity index (χ0v) is 11.1. The molecular formula is C15H22N2O. The van der Waals surface area contributed by atoms with Crippen LogP contribution in [0.5, 0.6) is 0 Å². The number of carbonyl (C=O) groups is 1. The molecule has 0 bridgehead atoms. The summed E-state index contributed by atoms with van der Waals surface area (Å²) in [6.07, 6.45) is 2.99. The smallest absolute Gasteiger partial charge is 0.224 e. The van der Waals surface area contributed by atoms with Crippen molar-refractivity contribution in [3.8, 4) is 0 Å². The molecule has 2 rings (SSSR count). The number of piperidine rings is 1. The highest BCUT2D eigenvalue weighted by atomic mass is 16.2. The molecule has 0 unspecified atom stereocenters. The lowest BCUT2D eigenvalue weighted by atomic mass is 10.00. The molecule has 1 atom stereocenters. The van der Waals surface area contributed by atoms with Gasteiger partial charge in [-0.05, 0) is 30.9 Å². The number of para-hydroxylation sites is 1. The zero-order chi connectivity index (χ0) is 12.8. The van der Waals surface area contributed by atoms with E-state index in [1.54, 1.807) is 0 Å². The van der Waals surface area contributed by atoms with Crippen molar-refractivity contribution in [3.05, 3.63) is 30.3 Å². The van der Waals surface area contributed by atoms with Crippen molar-refractivity contribution in [3.63, 3.8) is 0 Å². The summed E-state index contributed by atoms with van der Waals surface area (Å²) in [7, 11) is 0. The lowest BCUT2D eigenvalue weighted by Crippen LogP contribution is -2.39. The summed E-state index contributed by atoms with van der Waals surface area (Å²) in [4.78, 5) is 14.0. The van der Waals surface area contributed by atoms with E-state index >= 15 is 0 Å². The molecule has 1 fully saturated rings. The molecule has 0 saturated carbocycles. The van der Waals surface area contributed by atoms with Gasteiger partial charge in [-0.25, -0.2) is 0 Å². The first kappa shape index (κ1) is 12.9. The minimum atomic E-state index is 0.282. The maximum absolute atomic E-state index is 12.0. The third-order valence-corrected chi connectivity index (χ3v) is 3.45. The molecule has 1 aliphatic heterocycles. The summed E-state index contributed by atoms with van der Waals surface area (Å²) in [6.45, 7) is 4.81. The van der Waals surface area contributed by atoms with Gasteiger partial charge in [-0.2, -0.15) is 0 Å². The Labute approximate surface area is 109 Å². The summed E-state index contributed by atoms with van der Waals surface area (Å²) in [5, 5.41) is 3.28. The van der Waals surface area contributed by atoms with Gasteiger partial charge in [0.25, 0.3) is 0 Å². The summed E-state index contributed by atoms with van der Waals surface area (Å²) in [6, 6.07) is 10.0. The second-order valence-corrected chi connectivity index (χ2v) is 5.13. The number of hydrogen-bond acceptors (Lipinski definition) is 2. The maximum Gasteiger partial charge on any atom is 0.224 e. The highest BCUT2D eigenvalue weighted by Crippen LogP contribution is 2.16. The fourth-order valence-corrected chi connectivity index (χ4v) is 2.44. The Hall–Kier alpha value is -1.51. The van der Waals surface area contributed by atoms with E-state index in [0.29, 0.717) is 18.9 Å². The van der Waals surface area contributed by atoms with E-state index in [1.165, 1.54) is 6.42 Å². The Morgan fingerprint density at radius 3 is 2.89 bits per heavy atom. The van der Waals surface area contributed by atoms with Gasteiger partial charge in [-0.15, -0.1) is 0 Å². The van der Waals surface area contributed by atoms with E-state index < -0.39 is 0 Å². The average Bonchev–Trinajstić information content (AvgIpc) is 2.40. The number of nitrogens with one attached hydrogen (secondary N) is 1. The minimum absolute atomic E-state index is 0.282. The number of rotatable bonds is 4. The van der Waals surface area contributed by atoms with Crippen molar-refractivity contribution in [2.45, 2.75) is 26.2 Å². The van der Waals surface area contributed by atoms with Crippen LogP contribution in [0.25, 0.3) is 0 Å². The maximum atomic E-state index is 12.0. The number of benzene rings is 1. The third-order valence-electron chi connectivity index (χ3n) is 3.45. The summed E-state index contributed by atoms with van der Waals surface area (Å²) in [5.74, 6) is 0.940. The first-order chi connectivity index (χ1) is 8.75. The Morgan fingerprint density at radius 1 is 1.39 bits per heavy atom. The second kappa shape index (κ2) is 6.43. The number of amides is 1. The molecular weight excluding hydrogens is 224 g/mol. The van der Waals surface area contributed by atoms with Crippen LogP contribution in [0.15, 0.2) is 30.3 Å². The normalized spacial score (nSPS) is 19.6. The van der Waals surface area contributed by atoms with Gasteiger partial charge < -0.3 is 10.2 Å². The van der Waals surface area contributed by atoms with Crippen LogP contribution in [0, 0.1) is 5.92 Å². The third kappa shape index (κ3) is 3.76. The molecule has 3 nitrogen and oxygen atoms in total. The second-order valence-electron chi connectivity index (χ2n) is 5.13. The quantitative estimate of drug-likeness (QED) is 0.886. The summed E-state index contributed by atoms with van der Waals surface area (Å²) in [5.41, 5.74) is 1.08. The fourth-order valence-electron chi connectivity index (χ4n) is 2.44. The highest BCUT2D eigenvalue weighted by Gasteiger charge is 2.20. The van der Waals surface area contributed by atoms with Gasteiger partial charge in [0.2, 0.25) is 5.91 Å². The van der Waals surface area contributed by atoms with Crippen molar-refractivity contribution in [2.75, 3.05) is 25.0 Å². The van der Waals surface area contributed by atoms with Crippen molar-refractivity contribution in [2.24, 2.45) is 5.92 Å². The number of carbonyl (C=O) groups excluding carboxylic acids is 1. The summed E-state index contributed by atoms with van der Waals surface area (Å²) < 4.78 is 0. The molecule has 0 radical (unpaired) electrons. The van der Waals surface area contributed by atoms with Gasteiger partial charge in [0.15, 0.2) is 0 Å². The van der Waals surface area contributed by atoms with E-state index in [-0.39, 0.29) is 5.91 Å². The molecule has 1 heterocycles. The van der Waals surface area contributed by atoms with Crippen molar-refractivity contribution in [1.29, 1.82) is 0 Å². The van der Waals surface area contributed by atoms with Crippen LogP contribution in [0.2, 0.25) is 0 Å². The van der Waals surface area contributed by atoms with Gasteiger partial charge >= 0.3 is 0 Å². The number of hydrogen-bond donors (Lipinski definition) is 1. The Kier molecular flexibility index (Phi) is 4.62. The molecule has 1 N–H and O–H groups in total. The topological polar surface area (TPSA) is 32.3 Å². The van der Waals surface area contributed by atoms with Crippen LogP contribution in [-0.2, 0) is 4.79 Å². The SMILES string of the molecule is C[C@H]1CCCN(C(=O)CCNc2ccccc2)C1. The lowest BCUT2D eigenvalue weighted by Gasteiger charge is -2.31. The van der Waals surface area contributed by atoms with Crippen LogP contribution >= 0.6 is 0 Å². The largest absolute Gasteiger partial charge is 0.385 e. The fraction of sp³-hybridized carbons (Fsp3) is 0.533. The zero-order valence-electron chi connectivity index (χ0n) is 11.1. The summed E-state index contributed by atoms with van der Waals surface area (Å²) >= 11 is 0. The van der Waals surface area contributed by atoms with Crippen LogP contribution in [0.4, 0.5) is 5.69 Å². The van der Waals surface area contributed by atoms with Gasteiger partial charge in [0, 0.05) is 31.7 Å². The van der Waals surface area contributed by atoms with Crippen molar-refractivity contribution < 1.29 is 4.79 Å². The van der Waals surface area contributed by atoms with E-state index in [2.05, 4.69) is 12.2 Å². The molecule has 1 aliphatic rings. The van der Waals surface area contributed by atoms with E-state index in [1.807, 2.05) is 35.2 Å². The Morgan fingerprint density at radius 2 is 2.17 bits per heavy atom. The van der Waals surface area contributed by atoms with Gasteiger partial charge in [-0.1, -0.05) is 25.1 Å². The monoisotopic (exact) mass is 246 g/mol. The molecule has 0 aromatic heterocycles. The van der Waals surface area contributed by atoms with Crippen LogP contribution in [0.1, 0.15) is 26.2 Å². The number of nitrogens with zero attached hydrogens (tertiary/aromatic N) is 1. The predicted molar refractivity (Wildman–Crippen MR) is 74.5 cm³/mol. The molecule has 0 aliphatic carbocycles. The Bertz CT molecular complexity index is 377. The molecule has 3 heteroatoms. The van der Waals surface area contributed by atoms with Crippen molar-refractivity contribution in [1.82, 2.24) is 4.90 Å². The van der Waals surface area contributed by atoms with Gasteiger partial charge in [0.05, 0.1) is 0 Å². The van der Waals surface area contributed by atoms with Crippen LogP contribution in [-0.4, -0.2) is 30.4 Å². The van der Waals surface area contributed by atoms with Gasteiger partial charge in [0.1, 0.15) is 0 Å². The molecule has 1 aromatic carbocycles. The van der Waals surface area contributed by atoms with Crippen molar-refractivity contribution >= 4 is 11.6 Å². The first-order valence-corrected chi connectivity index (χ1v) is 6.82. The van der Waals surface area contributed by atoms with E-state index in [4.69, 9.17) is 0 Å². The molecule has 1 saturated heterocycles. The molecule has 18 heavy (non-hydrogen) atoms. The number of likely N-dealkylation sites (tertiary alicyclic amines) is 1. The first-order valence-electron chi connectivity index (χ1n) is 6.82. The van der Waals surface area contributed by atoms with Crippen LogP contribution < -0.4 is 5.32 Å². The Balaban J connectivity index is 1.71. The highest BCUT2D eigenvalue weighted by molar-refractivity contribution is 5.76. The lowest BCUT2D eigenvalue weighted by molar-refractivity contribution is -0.132. The molecule has 1 amide bonds. The molecule has 1 aromatic rings.